The molecule has 0 aliphatic rings. The number of aromatic nitrogens is 1. The van der Waals surface area contributed by atoms with Crippen molar-refractivity contribution < 1.29 is 61.9 Å². The first-order chi connectivity index (χ1) is 12.2. The van der Waals surface area contributed by atoms with Gasteiger partial charge >= 0.3 is 28.2 Å². The highest BCUT2D eigenvalue weighted by Crippen LogP contribution is 2.57. The van der Waals surface area contributed by atoms with Crippen LogP contribution in [0.4, 0.5) is 61.9 Å². The van der Waals surface area contributed by atoms with E-state index in [4.69, 9.17) is 0 Å². The molecular weight excluding hydrogens is 513 g/mol. The van der Waals surface area contributed by atoms with Crippen LogP contribution in [0, 0.1) is 0 Å². The second-order valence-electron chi connectivity index (χ2n) is 4.05. The van der Waals surface area contributed by atoms with E-state index in [1.807, 2.05) is 0 Å². The Balaban J connectivity index is 3.93. The van der Waals surface area contributed by atoms with Gasteiger partial charge in [-0.15, -0.1) is 4.39 Å². The molecule has 0 spiro atoms. The van der Waals surface area contributed by atoms with E-state index < -0.39 is 99.7 Å². The lowest BCUT2D eigenvalue weighted by Crippen LogP contribution is -2.12. The summed E-state index contributed by atoms with van der Waals surface area (Å²) in [6, 6.07) is 0. The van der Waals surface area contributed by atoms with E-state index in [9.17, 15) is 61.9 Å². The highest BCUT2D eigenvalue weighted by molar-refractivity contribution is 8.05. The minimum absolute atomic E-state index is 1.13. The largest absolute Gasteiger partial charge is 0.447 e. The van der Waals surface area contributed by atoms with Crippen LogP contribution in [0.3, 0.4) is 0 Å². The molecule has 0 N–H and O–H groups in total. The lowest BCUT2D eigenvalue weighted by Gasteiger charge is -2.12. The first-order valence-corrected chi connectivity index (χ1v) is 8.98. The topological polar surface area (TPSA) is 22.0 Å². The minimum Gasteiger partial charge on any atom is -0.238 e. The van der Waals surface area contributed by atoms with Gasteiger partial charge in [0.2, 0.25) is 0 Å². The molecule has 0 aliphatic heterocycles. The number of thioether (sulfide) groups is 4. The monoisotopic (exact) mass is 513 g/mol. The van der Waals surface area contributed by atoms with Crippen LogP contribution in [0.15, 0.2) is 19.8 Å². The Kier molecular flexibility index (Phi) is 7.54. The number of halogens is 13. The van der Waals surface area contributed by atoms with Crippen molar-refractivity contribution >= 4 is 53.2 Å². The molecule has 162 valence electrons. The average molecular weight is 513 g/mol. The highest BCUT2D eigenvalue weighted by Gasteiger charge is 2.46. The Morgan fingerprint density at radius 3 is 1.00 bits per heavy atom. The van der Waals surface area contributed by atoms with Gasteiger partial charge in [-0.05, 0) is 23.5 Å². The fourth-order valence-corrected chi connectivity index (χ4v) is 4.94. The van der Waals surface area contributed by atoms with E-state index in [0.29, 0.717) is 0 Å². The Morgan fingerprint density at radius 2 is 0.821 bits per heavy atom. The summed E-state index contributed by atoms with van der Waals surface area (Å²) in [5, 5.41) is -4.25. The predicted octanol–water partition coefficient (Wildman–Crippen LogP) is 7.87. The number of rotatable bonds is 4. The standard InChI is InChI=1S/C9F13NOS4/c10-5(24)23-3(27-8(17,18)19)1(25-6(11,12)13)2(26-7(14,15)16)4(23)28-9(20,21)22. The summed E-state index contributed by atoms with van der Waals surface area (Å²) >= 11 is -6.64. The number of hydrogen-bond donors (Lipinski definition) is 0. The summed E-state index contributed by atoms with van der Waals surface area (Å²) in [7, 11) is 0. The number of carbonyl (C=O) groups excluding carboxylic acids is 1. The third-order valence-corrected chi connectivity index (χ3v) is 5.71. The molecule has 28 heavy (non-hydrogen) atoms. The van der Waals surface area contributed by atoms with E-state index in [2.05, 4.69) is 0 Å². The molecule has 1 rings (SSSR count). The lowest BCUT2D eigenvalue weighted by atomic mass is 10.6. The summed E-state index contributed by atoms with van der Waals surface area (Å²) in [6.45, 7) is 0. The quantitative estimate of drug-likeness (QED) is 0.232. The van der Waals surface area contributed by atoms with Crippen LogP contribution >= 0.6 is 47.0 Å². The van der Waals surface area contributed by atoms with E-state index in [1.165, 1.54) is 0 Å². The van der Waals surface area contributed by atoms with Gasteiger partial charge in [0, 0.05) is 23.5 Å². The minimum atomic E-state index is -5.58. The zero-order valence-corrected chi connectivity index (χ0v) is 15.2. The average Bonchev–Trinajstić information content (AvgIpc) is 2.57. The van der Waals surface area contributed by atoms with Gasteiger partial charge in [0.25, 0.3) is 0 Å². The van der Waals surface area contributed by atoms with Gasteiger partial charge < -0.3 is 0 Å². The second-order valence-corrected chi connectivity index (χ2v) is 8.31. The van der Waals surface area contributed by atoms with Gasteiger partial charge in [-0.25, -0.2) is 9.36 Å². The van der Waals surface area contributed by atoms with E-state index in [1.54, 1.807) is 0 Å². The Hall–Kier alpha value is -0.560. The molecule has 1 aromatic heterocycles. The summed E-state index contributed by atoms with van der Waals surface area (Å²) in [5.41, 5.74) is -22.3. The number of alkyl halides is 12. The van der Waals surface area contributed by atoms with Gasteiger partial charge in [0.15, 0.2) is 0 Å². The molecule has 19 heteroatoms. The maximum atomic E-state index is 13.1. The third-order valence-electron chi connectivity index (χ3n) is 2.04. The van der Waals surface area contributed by atoms with E-state index in [0.717, 1.165) is 0 Å². The molecule has 0 atom stereocenters. The fraction of sp³-hybridized carbons (Fsp3) is 0.444. The molecule has 0 unspecified atom stereocenters. The molecule has 0 saturated carbocycles. The maximum Gasteiger partial charge on any atom is 0.447 e. The second kappa shape index (κ2) is 8.29. The molecule has 0 bridgehead atoms. The van der Waals surface area contributed by atoms with Crippen LogP contribution in [0.25, 0.3) is 0 Å². The van der Waals surface area contributed by atoms with Crippen molar-refractivity contribution in [3.8, 4) is 0 Å². The molecule has 0 aliphatic carbocycles. The first-order valence-electron chi connectivity index (χ1n) is 5.71. The van der Waals surface area contributed by atoms with Crippen molar-refractivity contribution in [2.24, 2.45) is 0 Å². The zero-order valence-electron chi connectivity index (χ0n) is 11.9. The van der Waals surface area contributed by atoms with Crippen LogP contribution < -0.4 is 0 Å². The molecule has 0 amide bonds. The first kappa shape index (κ1) is 25.5. The Morgan fingerprint density at radius 1 is 0.571 bits per heavy atom. The summed E-state index contributed by atoms with van der Waals surface area (Å²) in [4.78, 5) is 6.82. The smallest absolute Gasteiger partial charge is 0.238 e. The van der Waals surface area contributed by atoms with Crippen molar-refractivity contribution in [3.05, 3.63) is 0 Å². The maximum absolute atomic E-state index is 13.1. The summed E-state index contributed by atoms with van der Waals surface area (Å²) < 4.78 is 163. The highest BCUT2D eigenvalue weighted by atomic mass is 32.2. The van der Waals surface area contributed by atoms with Crippen LogP contribution in [-0.2, 0) is 0 Å². The number of carbonyl (C=O) groups is 1. The number of hydrogen-bond acceptors (Lipinski definition) is 5. The Labute approximate surface area is 161 Å². The SMILES string of the molecule is O=C(F)n1c(SC(F)(F)F)c(SC(F)(F)F)c(SC(F)(F)F)c1SC(F)(F)F. The van der Waals surface area contributed by atoms with E-state index >= 15 is 0 Å². The third kappa shape index (κ3) is 8.05. The Bertz CT molecular complexity index is 675. The zero-order chi connectivity index (χ0) is 22.3. The number of nitrogens with zero attached hydrogens (tertiary/aromatic N) is 1. The molecule has 0 aromatic carbocycles. The predicted molar refractivity (Wildman–Crippen MR) is 74.0 cm³/mol. The van der Waals surface area contributed by atoms with Crippen LogP contribution in [-0.4, -0.2) is 32.8 Å². The van der Waals surface area contributed by atoms with Crippen LogP contribution in [0.5, 0.6) is 0 Å². The van der Waals surface area contributed by atoms with E-state index in [-0.39, 0.29) is 0 Å². The van der Waals surface area contributed by atoms with Crippen molar-refractivity contribution in [2.75, 3.05) is 0 Å². The van der Waals surface area contributed by atoms with Gasteiger partial charge in [-0.2, -0.15) is 52.7 Å². The molecule has 1 aromatic rings. The van der Waals surface area contributed by atoms with Gasteiger partial charge in [-0.1, -0.05) is 0 Å². The molecule has 2 nitrogen and oxygen atoms in total. The molecule has 1 heterocycles. The summed E-state index contributed by atoms with van der Waals surface area (Å²) in [5.74, 6) is 0. The van der Waals surface area contributed by atoms with Gasteiger partial charge in [0.05, 0.1) is 9.79 Å². The van der Waals surface area contributed by atoms with Crippen molar-refractivity contribution in [1.82, 2.24) is 4.57 Å². The van der Waals surface area contributed by atoms with Crippen LogP contribution in [0.1, 0.15) is 0 Å². The van der Waals surface area contributed by atoms with Crippen molar-refractivity contribution in [3.63, 3.8) is 0 Å². The van der Waals surface area contributed by atoms with Crippen LogP contribution in [0.2, 0.25) is 0 Å². The normalized spacial score (nSPS) is 13.9. The lowest BCUT2D eigenvalue weighted by molar-refractivity contribution is -0.0354. The summed E-state index contributed by atoms with van der Waals surface area (Å²) in [6.07, 6.45) is -3.14. The molecular formula is C9F13NOS4. The molecule has 0 radical (unpaired) electrons. The van der Waals surface area contributed by atoms with Crippen molar-refractivity contribution in [2.45, 2.75) is 41.9 Å². The molecule has 0 saturated heterocycles. The molecule has 0 fully saturated rings. The van der Waals surface area contributed by atoms with Gasteiger partial charge in [0.1, 0.15) is 10.1 Å². The van der Waals surface area contributed by atoms with Gasteiger partial charge in [-0.3, -0.25) is 0 Å². The fourth-order valence-electron chi connectivity index (χ4n) is 1.46. The van der Waals surface area contributed by atoms with Crippen molar-refractivity contribution in [1.29, 1.82) is 0 Å².